The van der Waals surface area contributed by atoms with Crippen molar-refractivity contribution in [3.05, 3.63) is 10.8 Å². The van der Waals surface area contributed by atoms with E-state index in [0.717, 1.165) is 0 Å². The Hall–Kier alpha value is -1.10. The molecule has 1 aromatic rings. The Morgan fingerprint density at radius 3 is 2.64 bits per heavy atom. The van der Waals surface area contributed by atoms with Crippen molar-refractivity contribution in [3.8, 4) is 0 Å². The van der Waals surface area contributed by atoms with Crippen molar-refractivity contribution in [2.75, 3.05) is 7.11 Å². The summed E-state index contributed by atoms with van der Waals surface area (Å²) in [5.41, 5.74) is 0.0386. The Kier molecular flexibility index (Phi) is 2.09. The molecule has 6 heteroatoms. The number of ether oxygens (including phenoxy) is 1. The van der Waals surface area contributed by atoms with E-state index in [2.05, 4.69) is 14.9 Å². The third-order valence-corrected chi connectivity index (χ3v) is 1.31. The van der Waals surface area contributed by atoms with Crippen LogP contribution in [0.15, 0.2) is 0 Å². The molecule has 0 radical (unpaired) electrons. The molecule has 0 saturated heterocycles. The van der Waals surface area contributed by atoms with Crippen molar-refractivity contribution in [1.29, 1.82) is 0 Å². The number of methoxy groups -OCH3 is 1. The molecule has 0 amide bonds. The van der Waals surface area contributed by atoms with Gasteiger partial charge in [-0.1, -0.05) is 11.6 Å². The fourth-order valence-electron chi connectivity index (χ4n) is 0.604. The first-order chi connectivity index (χ1) is 5.15. The summed E-state index contributed by atoms with van der Waals surface area (Å²) < 4.78 is 4.39. The van der Waals surface area contributed by atoms with Crippen molar-refractivity contribution >= 4 is 17.6 Å². The molecule has 0 saturated carbocycles. The molecule has 0 N–H and O–H groups in total. The molecule has 1 aromatic heterocycles. The van der Waals surface area contributed by atoms with Crippen LogP contribution in [0.5, 0.6) is 0 Å². The Morgan fingerprint density at radius 2 is 2.27 bits per heavy atom. The molecule has 0 atom stereocenters. The maximum absolute atomic E-state index is 10.8. The summed E-state index contributed by atoms with van der Waals surface area (Å²) in [5, 5.41) is 7.39. The largest absolute Gasteiger partial charge is 0.464 e. The summed E-state index contributed by atoms with van der Waals surface area (Å²) in [6.07, 6.45) is 0. The summed E-state index contributed by atoms with van der Waals surface area (Å²) in [7, 11) is 2.83. The quantitative estimate of drug-likeness (QED) is 0.575. The molecule has 0 aliphatic heterocycles. The first kappa shape index (κ1) is 8.00. The number of aromatic nitrogens is 3. The molecule has 0 aliphatic carbocycles. The van der Waals surface area contributed by atoms with Crippen LogP contribution in [0, 0.1) is 0 Å². The van der Waals surface area contributed by atoms with Crippen LogP contribution in [0.25, 0.3) is 0 Å². The van der Waals surface area contributed by atoms with Crippen LogP contribution in [0.4, 0.5) is 0 Å². The van der Waals surface area contributed by atoms with Gasteiger partial charge in [-0.3, -0.25) is 0 Å². The predicted octanol–water partition coefficient (Wildman–Crippen LogP) is 0.255. The molecule has 1 heterocycles. The Labute approximate surface area is 67.9 Å². The normalized spacial score (nSPS) is 9.73. The van der Waals surface area contributed by atoms with Gasteiger partial charge in [-0.15, -0.1) is 10.2 Å². The number of hydrogen-bond acceptors (Lipinski definition) is 4. The molecular formula is C5H6ClN3O2. The van der Waals surface area contributed by atoms with E-state index < -0.39 is 5.97 Å². The summed E-state index contributed by atoms with van der Waals surface area (Å²) in [6, 6.07) is 0. The van der Waals surface area contributed by atoms with Gasteiger partial charge in [0.15, 0.2) is 5.15 Å². The third kappa shape index (κ3) is 1.48. The van der Waals surface area contributed by atoms with Crippen LogP contribution in [0.3, 0.4) is 0 Å². The zero-order valence-electron chi connectivity index (χ0n) is 6.04. The lowest BCUT2D eigenvalue weighted by molar-refractivity contribution is 0.0593. The summed E-state index contributed by atoms with van der Waals surface area (Å²) in [4.78, 5) is 12.0. The van der Waals surface area contributed by atoms with Crippen LogP contribution in [-0.2, 0) is 11.8 Å². The lowest BCUT2D eigenvalue weighted by Crippen LogP contribution is -2.03. The highest BCUT2D eigenvalue weighted by Gasteiger charge is 2.15. The number of nitrogens with zero attached hydrogens (tertiary/aromatic N) is 3. The fourth-order valence-corrected chi connectivity index (χ4v) is 0.829. The highest BCUT2D eigenvalue weighted by atomic mass is 35.5. The van der Waals surface area contributed by atoms with E-state index in [9.17, 15) is 4.79 Å². The molecule has 0 aromatic carbocycles. The van der Waals surface area contributed by atoms with Crippen molar-refractivity contribution < 1.29 is 9.53 Å². The van der Waals surface area contributed by atoms with Gasteiger partial charge in [0.2, 0.25) is 5.69 Å². The van der Waals surface area contributed by atoms with Gasteiger partial charge in [-0.05, 0) is 0 Å². The second-order valence-electron chi connectivity index (χ2n) is 1.82. The number of halogens is 1. The topological polar surface area (TPSA) is 57.0 Å². The van der Waals surface area contributed by atoms with Gasteiger partial charge in [0.1, 0.15) is 0 Å². The monoisotopic (exact) mass is 175 g/mol. The van der Waals surface area contributed by atoms with Gasteiger partial charge in [-0.2, -0.15) is 4.80 Å². The van der Waals surface area contributed by atoms with E-state index in [-0.39, 0.29) is 10.8 Å². The van der Waals surface area contributed by atoms with E-state index >= 15 is 0 Å². The fraction of sp³-hybridized carbons (Fsp3) is 0.400. The van der Waals surface area contributed by atoms with Crippen LogP contribution >= 0.6 is 11.6 Å². The minimum atomic E-state index is -0.580. The first-order valence-electron chi connectivity index (χ1n) is 2.80. The molecule has 0 fully saturated rings. The average Bonchev–Trinajstić information content (AvgIpc) is 2.28. The molecule has 0 aliphatic rings. The maximum atomic E-state index is 10.8. The first-order valence-corrected chi connectivity index (χ1v) is 3.18. The molecule has 0 unspecified atom stereocenters. The number of carbonyl (C=O) groups is 1. The van der Waals surface area contributed by atoms with Crippen molar-refractivity contribution in [2.45, 2.75) is 0 Å². The molecular weight excluding hydrogens is 170 g/mol. The zero-order valence-corrected chi connectivity index (χ0v) is 6.79. The smallest absolute Gasteiger partial charge is 0.361 e. The van der Waals surface area contributed by atoms with Crippen LogP contribution < -0.4 is 0 Å². The van der Waals surface area contributed by atoms with Gasteiger partial charge in [0.05, 0.1) is 7.11 Å². The minimum absolute atomic E-state index is 0.0386. The SMILES string of the molecule is COC(=O)c1nn(C)nc1Cl. The Balaban J connectivity index is 3.03. The molecule has 11 heavy (non-hydrogen) atoms. The van der Waals surface area contributed by atoms with Crippen molar-refractivity contribution in [2.24, 2.45) is 7.05 Å². The predicted molar refractivity (Wildman–Crippen MR) is 37.4 cm³/mol. The highest BCUT2D eigenvalue weighted by Crippen LogP contribution is 2.09. The standard InChI is InChI=1S/C5H6ClN3O2/c1-9-7-3(4(6)8-9)5(10)11-2/h1-2H3. The number of hydrogen-bond donors (Lipinski definition) is 0. The van der Waals surface area contributed by atoms with E-state index in [1.807, 2.05) is 0 Å². The zero-order chi connectivity index (χ0) is 8.43. The number of rotatable bonds is 1. The van der Waals surface area contributed by atoms with Gasteiger partial charge in [0, 0.05) is 7.05 Å². The lowest BCUT2D eigenvalue weighted by atomic mass is 10.5. The van der Waals surface area contributed by atoms with E-state index in [4.69, 9.17) is 11.6 Å². The van der Waals surface area contributed by atoms with E-state index in [0.29, 0.717) is 0 Å². The second-order valence-corrected chi connectivity index (χ2v) is 2.18. The third-order valence-electron chi connectivity index (χ3n) is 1.05. The molecule has 1 rings (SSSR count). The summed E-state index contributed by atoms with van der Waals surface area (Å²) in [6.45, 7) is 0. The van der Waals surface area contributed by atoms with Crippen molar-refractivity contribution in [3.63, 3.8) is 0 Å². The molecule has 5 nitrogen and oxygen atoms in total. The van der Waals surface area contributed by atoms with Gasteiger partial charge in [-0.25, -0.2) is 4.79 Å². The summed E-state index contributed by atoms with van der Waals surface area (Å²) >= 11 is 5.52. The Morgan fingerprint density at radius 1 is 1.64 bits per heavy atom. The highest BCUT2D eigenvalue weighted by molar-refractivity contribution is 6.32. The van der Waals surface area contributed by atoms with Crippen LogP contribution in [0.2, 0.25) is 5.15 Å². The number of esters is 1. The van der Waals surface area contributed by atoms with Crippen LogP contribution in [-0.4, -0.2) is 28.1 Å². The molecule has 0 bridgehead atoms. The van der Waals surface area contributed by atoms with Gasteiger partial charge < -0.3 is 4.74 Å². The summed E-state index contributed by atoms with van der Waals surface area (Å²) in [5.74, 6) is -0.580. The van der Waals surface area contributed by atoms with Crippen LogP contribution in [0.1, 0.15) is 10.5 Å². The number of aryl methyl sites for hydroxylation is 1. The molecule has 0 spiro atoms. The maximum Gasteiger partial charge on any atom is 0.361 e. The van der Waals surface area contributed by atoms with E-state index in [1.54, 1.807) is 7.05 Å². The van der Waals surface area contributed by atoms with Crippen molar-refractivity contribution in [1.82, 2.24) is 15.0 Å². The minimum Gasteiger partial charge on any atom is -0.464 e. The van der Waals surface area contributed by atoms with Gasteiger partial charge in [0.25, 0.3) is 0 Å². The van der Waals surface area contributed by atoms with E-state index in [1.165, 1.54) is 11.9 Å². The number of carbonyl (C=O) groups excluding carboxylic acids is 1. The Bertz CT molecular complexity index is 283. The molecule has 60 valence electrons. The van der Waals surface area contributed by atoms with Gasteiger partial charge >= 0.3 is 5.97 Å². The second kappa shape index (κ2) is 2.87. The average molecular weight is 176 g/mol. The lowest BCUT2D eigenvalue weighted by Gasteiger charge is -1.90.